The van der Waals surface area contributed by atoms with Crippen LogP contribution in [0.25, 0.3) is 5.69 Å². The number of hydrogen-bond donors (Lipinski definition) is 3. The number of nitrogen functional groups attached to an aromatic ring is 1. The Morgan fingerprint density at radius 1 is 1.35 bits per heavy atom. The fraction of sp³-hybridized carbons (Fsp3) is 0.412. The molecule has 1 aliphatic heterocycles. The second kappa shape index (κ2) is 11.0. The molecule has 2 aromatic rings. The number of morpholine rings is 1. The zero-order chi connectivity index (χ0) is 16.8. The van der Waals surface area contributed by atoms with Crippen molar-refractivity contribution in [2.75, 3.05) is 32.0 Å². The van der Waals surface area contributed by atoms with Gasteiger partial charge >= 0.3 is 0 Å². The number of anilines is 1. The Hall–Kier alpha value is -1.80. The van der Waals surface area contributed by atoms with Crippen molar-refractivity contribution in [3.05, 3.63) is 42.1 Å². The SMILES string of the molecule is Cl.Cl.Nc1cc(CCCNC(=O)C2COCCN2)nn1-c1ccccc1. The Morgan fingerprint density at radius 2 is 2.12 bits per heavy atom. The number of rotatable bonds is 6. The lowest BCUT2D eigenvalue weighted by Gasteiger charge is -2.22. The quantitative estimate of drug-likeness (QED) is 0.634. The Labute approximate surface area is 165 Å². The molecule has 144 valence electrons. The van der Waals surface area contributed by atoms with Crippen LogP contribution in [0.15, 0.2) is 36.4 Å². The third-order valence-corrected chi connectivity index (χ3v) is 3.94. The average molecular weight is 402 g/mol. The van der Waals surface area contributed by atoms with E-state index in [4.69, 9.17) is 10.5 Å². The molecule has 0 radical (unpaired) electrons. The van der Waals surface area contributed by atoms with E-state index >= 15 is 0 Å². The van der Waals surface area contributed by atoms with Crippen LogP contribution in [0, 0.1) is 0 Å². The number of amides is 1. The highest BCUT2D eigenvalue weighted by Crippen LogP contribution is 2.14. The van der Waals surface area contributed by atoms with Crippen LogP contribution in [-0.2, 0) is 16.0 Å². The van der Waals surface area contributed by atoms with Gasteiger partial charge in [-0.2, -0.15) is 5.10 Å². The number of carbonyl (C=O) groups is 1. The number of hydrogen-bond acceptors (Lipinski definition) is 5. The van der Waals surface area contributed by atoms with Crippen LogP contribution in [0.3, 0.4) is 0 Å². The van der Waals surface area contributed by atoms with Gasteiger partial charge in [-0.3, -0.25) is 4.79 Å². The summed E-state index contributed by atoms with van der Waals surface area (Å²) in [6, 6.07) is 11.4. The lowest BCUT2D eigenvalue weighted by Crippen LogP contribution is -2.51. The molecule has 0 saturated carbocycles. The molecule has 2 heterocycles. The van der Waals surface area contributed by atoms with Crippen LogP contribution < -0.4 is 16.4 Å². The standard InChI is InChI=1S/C17H23N5O2.2ClH/c18-16-11-13(21-22(16)14-6-2-1-3-7-14)5-4-8-20-17(23)15-12-24-10-9-19-15;;/h1-3,6-7,11,15,19H,4-5,8-10,12,18H2,(H,20,23);2*1H. The summed E-state index contributed by atoms with van der Waals surface area (Å²) in [5.74, 6) is 0.604. The first kappa shape index (κ1) is 22.2. The molecular formula is C17H25Cl2N5O2. The van der Waals surface area contributed by atoms with E-state index in [0.29, 0.717) is 32.1 Å². The van der Waals surface area contributed by atoms with Crippen LogP contribution in [0.2, 0.25) is 0 Å². The first-order valence-electron chi connectivity index (χ1n) is 8.23. The van der Waals surface area contributed by atoms with Crippen molar-refractivity contribution in [2.24, 2.45) is 0 Å². The topological polar surface area (TPSA) is 94.2 Å². The van der Waals surface area contributed by atoms with E-state index in [2.05, 4.69) is 15.7 Å². The highest BCUT2D eigenvalue weighted by molar-refractivity contribution is 5.85. The third kappa shape index (κ3) is 5.88. The summed E-state index contributed by atoms with van der Waals surface area (Å²) >= 11 is 0. The zero-order valence-corrected chi connectivity index (χ0v) is 16.0. The molecule has 7 nitrogen and oxygen atoms in total. The van der Waals surface area contributed by atoms with Crippen molar-refractivity contribution in [2.45, 2.75) is 18.9 Å². The van der Waals surface area contributed by atoms with Crippen LogP contribution in [0.1, 0.15) is 12.1 Å². The monoisotopic (exact) mass is 401 g/mol. The number of halogens is 2. The fourth-order valence-electron chi connectivity index (χ4n) is 2.68. The molecule has 1 unspecified atom stereocenters. The number of ether oxygens (including phenoxy) is 1. The third-order valence-electron chi connectivity index (χ3n) is 3.94. The number of nitrogens with one attached hydrogen (secondary N) is 2. The van der Waals surface area contributed by atoms with Gasteiger partial charge in [0.2, 0.25) is 5.91 Å². The predicted molar refractivity (Wildman–Crippen MR) is 106 cm³/mol. The van der Waals surface area contributed by atoms with Gasteiger partial charge in [-0.25, -0.2) is 4.68 Å². The van der Waals surface area contributed by atoms with Gasteiger partial charge < -0.3 is 21.1 Å². The van der Waals surface area contributed by atoms with Gasteiger partial charge in [0.05, 0.1) is 24.6 Å². The number of carbonyl (C=O) groups excluding carboxylic acids is 1. The largest absolute Gasteiger partial charge is 0.384 e. The first-order valence-corrected chi connectivity index (χ1v) is 8.23. The van der Waals surface area contributed by atoms with Crippen molar-refractivity contribution in [3.63, 3.8) is 0 Å². The number of aryl methyl sites for hydroxylation is 1. The Balaban J connectivity index is 0.00000169. The molecule has 0 spiro atoms. The maximum atomic E-state index is 12.0. The van der Waals surface area contributed by atoms with Gasteiger partial charge in [0.15, 0.2) is 0 Å². The zero-order valence-electron chi connectivity index (χ0n) is 14.4. The van der Waals surface area contributed by atoms with E-state index in [0.717, 1.165) is 24.2 Å². The van der Waals surface area contributed by atoms with Crippen LogP contribution in [0.5, 0.6) is 0 Å². The van der Waals surface area contributed by atoms with Crippen molar-refractivity contribution >= 4 is 36.5 Å². The van der Waals surface area contributed by atoms with E-state index in [-0.39, 0.29) is 36.8 Å². The molecule has 9 heteroatoms. The molecule has 3 rings (SSSR count). The normalized spacial score (nSPS) is 16.2. The maximum Gasteiger partial charge on any atom is 0.239 e. The summed E-state index contributed by atoms with van der Waals surface area (Å²) in [4.78, 5) is 12.0. The summed E-state index contributed by atoms with van der Waals surface area (Å²) < 4.78 is 7.02. The second-order valence-corrected chi connectivity index (χ2v) is 5.78. The van der Waals surface area contributed by atoms with E-state index in [1.807, 2.05) is 36.4 Å². The highest BCUT2D eigenvalue weighted by Gasteiger charge is 2.20. The molecule has 1 atom stereocenters. The Kier molecular flexibility index (Phi) is 9.43. The molecule has 0 aliphatic carbocycles. The highest BCUT2D eigenvalue weighted by atomic mass is 35.5. The molecule has 1 amide bonds. The molecule has 4 N–H and O–H groups in total. The Bertz CT molecular complexity index is 675. The van der Waals surface area contributed by atoms with E-state index in [1.54, 1.807) is 4.68 Å². The molecule has 1 aromatic heterocycles. The molecule has 1 saturated heterocycles. The number of benzene rings is 1. The van der Waals surface area contributed by atoms with Gasteiger partial charge in [-0.15, -0.1) is 24.8 Å². The molecular weight excluding hydrogens is 377 g/mol. The average Bonchev–Trinajstić information content (AvgIpc) is 3.01. The van der Waals surface area contributed by atoms with Gasteiger partial charge in [0.1, 0.15) is 11.9 Å². The van der Waals surface area contributed by atoms with Crippen molar-refractivity contribution in [1.29, 1.82) is 0 Å². The maximum absolute atomic E-state index is 12.0. The molecule has 1 fully saturated rings. The van der Waals surface area contributed by atoms with E-state index < -0.39 is 0 Å². The summed E-state index contributed by atoms with van der Waals surface area (Å²) in [5, 5.41) is 10.6. The predicted octanol–water partition coefficient (Wildman–Crippen LogP) is 1.34. The fourth-order valence-corrected chi connectivity index (χ4v) is 2.68. The summed E-state index contributed by atoms with van der Waals surface area (Å²) in [7, 11) is 0. The van der Waals surface area contributed by atoms with Crippen LogP contribution in [0.4, 0.5) is 5.82 Å². The summed E-state index contributed by atoms with van der Waals surface area (Å²) in [5.41, 5.74) is 7.90. The minimum Gasteiger partial charge on any atom is -0.384 e. The lowest BCUT2D eigenvalue weighted by atomic mass is 10.2. The van der Waals surface area contributed by atoms with Crippen LogP contribution in [-0.4, -0.2) is 48.0 Å². The smallest absolute Gasteiger partial charge is 0.239 e. The number of aromatic nitrogens is 2. The van der Waals surface area contributed by atoms with Crippen molar-refractivity contribution in [1.82, 2.24) is 20.4 Å². The van der Waals surface area contributed by atoms with Gasteiger partial charge in [0.25, 0.3) is 0 Å². The van der Waals surface area contributed by atoms with E-state index in [1.165, 1.54) is 0 Å². The molecule has 1 aliphatic rings. The van der Waals surface area contributed by atoms with E-state index in [9.17, 15) is 4.79 Å². The van der Waals surface area contributed by atoms with Crippen molar-refractivity contribution in [3.8, 4) is 5.69 Å². The molecule has 26 heavy (non-hydrogen) atoms. The number of nitrogens with zero attached hydrogens (tertiary/aromatic N) is 2. The van der Waals surface area contributed by atoms with Crippen molar-refractivity contribution < 1.29 is 9.53 Å². The van der Waals surface area contributed by atoms with Gasteiger partial charge in [-0.1, -0.05) is 18.2 Å². The number of para-hydroxylation sites is 1. The second-order valence-electron chi connectivity index (χ2n) is 5.78. The van der Waals surface area contributed by atoms with Gasteiger partial charge in [-0.05, 0) is 25.0 Å². The minimum atomic E-state index is -0.244. The number of nitrogens with two attached hydrogens (primary N) is 1. The summed E-state index contributed by atoms with van der Waals surface area (Å²) in [6.07, 6.45) is 1.57. The van der Waals surface area contributed by atoms with Gasteiger partial charge in [0, 0.05) is 19.2 Å². The Morgan fingerprint density at radius 3 is 2.81 bits per heavy atom. The molecule has 0 bridgehead atoms. The summed E-state index contributed by atoms with van der Waals surface area (Å²) in [6.45, 7) is 2.42. The molecule has 1 aromatic carbocycles. The lowest BCUT2D eigenvalue weighted by molar-refractivity contribution is -0.125. The van der Waals surface area contributed by atoms with Crippen LogP contribution >= 0.6 is 24.8 Å². The first-order chi connectivity index (χ1) is 11.7. The minimum absolute atomic E-state index is 0.